The first-order valence-electron chi connectivity index (χ1n) is 18.6. The van der Waals surface area contributed by atoms with Crippen LogP contribution in [-0.2, 0) is 11.2 Å². The highest BCUT2D eigenvalue weighted by atomic mass is 16.5. The molecular formula is C42H45N9O4. The number of carbonyl (C=O) groups excluding carboxylic acids is 2. The molecule has 6 aromatic rings. The maximum Gasteiger partial charge on any atom is 0.324 e. The Morgan fingerprint density at radius 1 is 0.891 bits per heavy atom. The molecule has 0 unspecified atom stereocenters. The van der Waals surface area contributed by atoms with E-state index in [9.17, 15) is 9.59 Å². The molecule has 4 N–H and O–H groups in total. The molecule has 1 fully saturated rings. The van der Waals surface area contributed by atoms with Crippen LogP contribution >= 0.6 is 0 Å². The number of aromatic nitrogens is 4. The molecule has 1 aliphatic heterocycles. The van der Waals surface area contributed by atoms with Gasteiger partial charge in [0.1, 0.15) is 11.6 Å². The Hall–Kier alpha value is -6.31. The smallest absolute Gasteiger partial charge is 0.324 e. The Morgan fingerprint density at radius 2 is 1.71 bits per heavy atom. The highest BCUT2D eigenvalue weighted by molar-refractivity contribution is 6.07. The molecule has 4 aromatic carbocycles. The average Bonchev–Trinajstić information content (AvgIpc) is 3.60. The lowest BCUT2D eigenvalue weighted by atomic mass is 10.1. The van der Waals surface area contributed by atoms with Gasteiger partial charge in [-0.3, -0.25) is 15.0 Å². The van der Waals surface area contributed by atoms with Gasteiger partial charge in [0.25, 0.3) is 5.91 Å². The Bertz CT molecular complexity index is 2250. The van der Waals surface area contributed by atoms with Crippen molar-refractivity contribution < 1.29 is 19.1 Å². The molecular weight excluding hydrogens is 695 g/mol. The minimum Gasteiger partial charge on any atom is -0.438 e. The number of urea groups is 1. The second kappa shape index (κ2) is 17.7. The van der Waals surface area contributed by atoms with Gasteiger partial charge in [-0.2, -0.15) is 10.1 Å². The zero-order chi connectivity index (χ0) is 38.0. The summed E-state index contributed by atoms with van der Waals surface area (Å²) in [4.78, 5) is 37.5. The topological polar surface area (TPSA) is 148 Å². The SMILES string of the molecule is CCCCc1cc(NC(=O)Nc2ccc(Oc3ccnc(Nc4cccc(C(=O)NCCN5CCOCC5)c4)n3)c3ccccc23)n(-c2ccc(C)cc2)n1. The summed E-state index contributed by atoms with van der Waals surface area (Å²) >= 11 is 0. The minimum atomic E-state index is -0.393. The van der Waals surface area contributed by atoms with E-state index in [1.165, 1.54) is 0 Å². The maximum absolute atomic E-state index is 13.5. The number of aryl methyl sites for hydroxylation is 2. The second-order valence-electron chi connectivity index (χ2n) is 13.3. The summed E-state index contributed by atoms with van der Waals surface area (Å²) in [7, 11) is 0. The summed E-state index contributed by atoms with van der Waals surface area (Å²) in [6.07, 6.45) is 4.48. The lowest BCUT2D eigenvalue weighted by Gasteiger charge is -2.26. The molecule has 282 valence electrons. The zero-order valence-corrected chi connectivity index (χ0v) is 31.0. The molecule has 0 bridgehead atoms. The number of ether oxygens (including phenoxy) is 2. The predicted octanol–water partition coefficient (Wildman–Crippen LogP) is 7.71. The molecule has 0 aliphatic carbocycles. The van der Waals surface area contributed by atoms with Crippen molar-refractivity contribution in [1.29, 1.82) is 0 Å². The quantitative estimate of drug-likeness (QED) is 0.0882. The molecule has 3 heterocycles. The number of hydrogen-bond donors (Lipinski definition) is 4. The van der Waals surface area contributed by atoms with E-state index in [0.717, 1.165) is 79.8 Å². The Labute approximate surface area is 320 Å². The fraction of sp³-hybridized carbons (Fsp3) is 0.262. The number of hydrogen-bond acceptors (Lipinski definition) is 9. The monoisotopic (exact) mass is 739 g/mol. The number of carbonyl (C=O) groups is 2. The van der Waals surface area contributed by atoms with Crippen LogP contribution in [-0.4, -0.2) is 76.0 Å². The van der Waals surface area contributed by atoms with Crippen molar-refractivity contribution in [3.8, 4) is 17.3 Å². The summed E-state index contributed by atoms with van der Waals surface area (Å²) in [5, 5.41) is 18.6. The molecule has 7 rings (SSSR count). The largest absolute Gasteiger partial charge is 0.438 e. The van der Waals surface area contributed by atoms with Crippen LogP contribution in [0.15, 0.2) is 103 Å². The van der Waals surface area contributed by atoms with Crippen LogP contribution in [0.3, 0.4) is 0 Å². The first kappa shape index (κ1) is 37.0. The normalized spacial score (nSPS) is 13.0. The van der Waals surface area contributed by atoms with Gasteiger partial charge in [-0.15, -0.1) is 0 Å². The Morgan fingerprint density at radius 3 is 2.53 bits per heavy atom. The molecule has 13 heteroatoms. The molecule has 2 aromatic heterocycles. The first-order valence-corrected chi connectivity index (χ1v) is 18.6. The van der Waals surface area contributed by atoms with Crippen LogP contribution in [0, 0.1) is 6.92 Å². The number of benzene rings is 4. The number of morpholine rings is 1. The van der Waals surface area contributed by atoms with Crippen molar-refractivity contribution in [2.24, 2.45) is 0 Å². The fourth-order valence-electron chi connectivity index (χ4n) is 6.31. The number of unbranched alkanes of at least 4 members (excludes halogenated alkanes) is 1. The van der Waals surface area contributed by atoms with Crippen molar-refractivity contribution in [2.75, 3.05) is 55.3 Å². The number of fused-ring (bicyclic) bond motifs is 1. The molecule has 0 spiro atoms. The third-order valence-corrected chi connectivity index (χ3v) is 9.24. The van der Waals surface area contributed by atoms with Crippen molar-refractivity contribution in [3.05, 3.63) is 120 Å². The number of nitrogens with one attached hydrogen (secondary N) is 4. The number of nitrogens with zero attached hydrogens (tertiary/aromatic N) is 5. The Balaban J connectivity index is 1.02. The summed E-state index contributed by atoms with van der Waals surface area (Å²) in [6, 6.07) is 29.7. The van der Waals surface area contributed by atoms with Gasteiger partial charge in [-0.25, -0.2) is 14.5 Å². The summed E-state index contributed by atoms with van der Waals surface area (Å²) < 4.78 is 13.4. The molecule has 1 aliphatic rings. The van der Waals surface area contributed by atoms with Gasteiger partial charge in [0, 0.05) is 66.5 Å². The van der Waals surface area contributed by atoms with Crippen molar-refractivity contribution in [1.82, 2.24) is 30.0 Å². The maximum atomic E-state index is 13.5. The van der Waals surface area contributed by atoms with Gasteiger partial charge in [0.05, 0.1) is 30.3 Å². The van der Waals surface area contributed by atoms with E-state index in [4.69, 9.17) is 14.6 Å². The first-order chi connectivity index (χ1) is 26.9. The molecule has 0 radical (unpaired) electrons. The van der Waals surface area contributed by atoms with Gasteiger partial charge in [-0.05, 0) is 62.2 Å². The van der Waals surface area contributed by atoms with Crippen LogP contribution in [0.1, 0.15) is 41.4 Å². The van der Waals surface area contributed by atoms with Crippen LogP contribution in [0.4, 0.5) is 27.9 Å². The molecule has 3 amide bonds. The van der Waals surface area contributed by atoms with E-state index in [1.54, 1.807) is 41.2 Å². The summed E-state index contributed by atoms with van der Waals surface area (Å²) in [5.74, 6) is 1.62. The molecule has 55 heavy (non-hydrogen) atoms. The van der Waals surface area contributed by atoms with Gasteiger partial charge in [0.2, 0.25) is 11.8 Å². The second-order valence-corrected chi connectivity index (χ2v) is 13.3. The molecule has 0 saturated carbocycles. The Kier molecular flexibility index (Phi) is 11.9. The van der Waals surface area contributed by atoms with Crippen LogP contribution in [0.25, 0.3) is 16.5 Å². The van der Waals surface area contributed by atoms with Gasteiger partial charge < -0.3 is 25.4 Å². The third-order valence-electron chi connectivity index (χ3n) is 9.24. The lowest BCUT2D eigenvalue weighted by molar-refractivity contribution is 0.0383. The lowest BCUT2D eigenvalue weighted by Crippen LogP contribution is -2.41. The number of anilines is 4. The summed E-state index contributed by atoms with van der Waals surface area (Å²) in [5.41, 5.74) is 4.73. The van der Waals surface area contributed by atoms with Crippen LogP contribution in [0.5, 0.6) is 11.6 Å². The number of rotatable bonds is 14. The average molecular weight is 740 g/mol. The highest BCUT2D eigenvalue weighted by Crippen LogP contribution is 2.34. The molecule has 0 atom stereocenters. The van der Waals surface area contributed by atoms with Crippen molar-refractivity contribution in [2.45, 2.75) is 33.1 Å². The van der Waals surface area contributed by atoms with Crippen LogP contribution < -0.4 is 26.0 Å². The van der Waals surface area contributed by atoms with E-state index in [0.29, 0.717) is 46.9 Å². The molecule has 13 nitrogen and oxygen atoms in total. The van der Waals surface area contributed by atoms with Gasteiger partial charge in [0.15, 0.2) is 0 Å². The fourth-order valence-corrected chi connectivity index (χ4v) is 6.31. The third kappa shape index (κ3) is 9.63. The van der Waals surface area contributed by atoms with E-state index in [1.807, 2.05) is 73.7 Å². The van der Waals surface area contributed by atoms with E-state index in [-0.39, 0.29) is 5.91 Å². The van der Waals surface area contributed by atoms with Gasteiger partial charge in [-0.1, -0.05) is 61.4 Å². The zero-order valence-electron chi connectivity index (χ0n) is 31.0. The van der Waals surface area contributed by atoms with Gasteiger partial charge >= 0.3 is 6.03 Å². The standard InChI is InChI=1S/C42H45N9O4/c1-3-4-9-32-28-38(51(49-32)33-15-13-29(2)14-16-33)47-42(53)46-36-17-18-37(35-12-6-5-11-34(35)36)55-39-19-20-44-41(48-39)45-31-10-7-8-30(27-31)40(52)43-21-22-50-23-25-54-26-24-50/h5-8,10-20,27-28H,3-4,9,21-26H2,1-2H3,(H,43,52)(H,44,45,48)(H2,46,47,53). The highest BCUT2D eigenvalue weighted by Gasteiger charge is 2.16. The van der Waals surface area contributed by atoms with E-state index in [2.05, 4.69) is 43.1 Å². The van der Waals surface area contributed by atoms with Crippen molar-refractivity contribution in [3.63, 3.8) is 0 Å². The number of amides is 3. The predicted molar refractivity (Wildman–Crippen MR) is 215 cm³/mol. The summed E-state index contributed by atoms with van der Waals surface area (Å²) in [6.45, 7) is 8.71. The molecule has 1 saturated heterocycles. The van der Waals surface area contributed by atoms with E-state index < -0.39 is 6.03 Å². The van der Waals surface area contributed by atoms with Crippen LogP contribution in [0.2, 0.25) is 0 Å². The van der Waals surface area contributed by atoms with Crippen molar-refractivity contribution >= 4 is 45.9 Å². The van der Waals surface area contributed by atoms with E-state index >= 15 is 0 Å². The minimum absolute atomic E-state index is 0.150.